The van der Waals surface area contributed by atoms with E-state index in [0.29, 0.717) is 5.82 Å². The first-order valence-corrected chi connectivity index (χ1v) is 6.47. The summed E-state index contributed by atoms with van der Waals surface area (Å²) in [5.74, 6) is 0.709. The van der Waals surface area contributed by atoms with Gasteiger partial charge in [-0.1, -0.05) is 30.3 Å². The average Bonchev–Trinajstić information content (AvgIpc) is 2.55. The van der Waals surface area contributed by atoms with Crippen LogP contribution in [0, 0.1) is 0 Å². The monoisotopic (exact) mass is 257 g/mol. The summed E-state index contributed by atoms with van der Waals surface area (Å²) < 4.78 is 0. The second-order valence-corrected chi connectivity index (χ2v) is 4.65. The third-order valence-corrected chi connectivity index (χ3v) is 3.41. The van der Waals surface area contributed by atoms with Crippen molar-refractivity contribution in [3.8, 4) is 11.4 Å². The quantitative estimate of drug-likeness (QED) is 0.486. The molecule has 3 heteroatoms. The summed E-state index contributed by atoms with van der Waals surface area (Å²) in [5.41, 5.74) is 1.89. The van der Waals surface area contributed by atoms with E-state index in [0.717, 1.165) is 16.5 Å². The van der Waals surface area contributed by atoms with Gasteiger partial charge in [0, 0.05) is 29.5 Å². The highest BCUT2D eigenvalue weighted by molar-refractivity contribution is 6.05. The van der Waals surface area contributed by atoms with E-state index in [1.54, 1.807) is 12.4 Å². The Hall–Kier alpha value is -2.81. The maximum absolute atomic E-state index is 4.64. The highest BCUT2D eigenvalue weighted by Crippen LogP contribution is 2.25. The lowest BCUT2D eigenvalue weighted by atomic mass is 10.1. The summed E-state index contributed by atoms with van der Waals surface area (Å²) in [6, 6.07) is 16.3. The summed E-state index contributed by atoms with van der Waals surface area (Å²) in [4.78, 5) is 13.2. The van der Waals surface area contributed by atoms with Gasteiger partial charge in [-0.2, -0.15) is 0 Å². The molecular weight excluding hydrogens is 246 g/mol. The molecule has 20 heavy (non-hydrogen) atoms. The van der Waals surface area contributed by atoms with Gasteiger partial charge in [0.1, 0.15) is 0 Å². The fraction of sp³-hybridized carbons (Fsp3) is 0. The minimum Gasteiger partial charge on any atom is -0.264 e. The molecule has 0 aliphatic heterocycles. The van der Waals surface area contributed by atoms with Gasteiger partial charge in [0.2, 0.25) is 0 Å². The highest BCUT2D eigenvalue weighted by atomic mass is 14.9. The zero-order valence-corrected chi connectivity index (χ0v) is 10.7. The van der Waals surface area contributed by atoms with Gasteiger partial charge < -0.3 is 0 Å². The molecule has 0 radical (unpaired) electrons. The molecule has 0 atom stereocenters. The number of hydrogen-bond acceptors (Lipinski definition) is 3. The molecule has 0 N–H and O–H groups in total. The number of hydrogen-bond donors (Lipinski definition) is 0. The lowest BCUT2D eigenvalue weighted by molar-refractivity contribution is 1.21. The van der Waals surface area contributed by atoms with Crippen LogP contribution < -0.4 is 0 Å². The number of fused-ring (bicyclic) bond motifs is 3. The van der Waals surface area contributed by atoms with Gasteiger partial charge >= 0.3 is 0 Å². The van der Waals surface area contributed by atoms with Gasteiger partial charge in [0.25, 0.3) is 0 Å². The topological polar surface area (TPSA) is 38.7 Å². The van der Waals surface area contributed by atoms with Crippen LogP contribution in [0.2, 0.25) is 0 Å². The van der Waals surface area contributed by atoms with Crippen LogP contribution in [-0.4, -0.2) is 15.0 Å². The maximum Gasteiger partial charge on any atom is 0.161 e. The predicted molar refractivity (Wildman–Crippen MR) is 80.3 cm³/mol. The molecule has 0 amide bonds. The second kappa shape index (κ2) is 4.38. The summed E-state index contributed by atoms with van der Waals surface area (Å²) >= 11 is 0. The zero-order chi connectivity index (χ0) is 13.4. The van der Waals surface area contributed by atoms with Crippen LogP contribution in [0.3, 0.4) is 0 Å². The number of pyridine rings is 1. The Bertz CT molecular complexity index is 901. The van der Waals surface area contributed by atoms with Crippen molar-refractivity contribution in [1.29, 1.82) is 0 Å². The van der Waals surface area contributed by atoms with Crippen molar-refractivity contribution in [2.45, 2.75) is 0 Å². The van der Waals surface area contributed by atoms with Gasteiger partial charge in [-0.25, -0.2) is 9.97 Å². The SMILES string of the molecule is c1cncc(-c2ncc3c(ccc4ccccc43)n2)c1. The van der Waals surface area contributed by atoms with Crippen molar-refractivity contribution in [3.05, 3.63) is 67.1 Å². The number of rotatable bonds is 1. The zero-order valence-electron chi connectivity index (χ0n) is 10.7. The molecule has 0 fully saturated rings. The second-order valence-electron chi connectivity index (χ2n) is 4.65. The molecule has 4 aromatic rings. The van der Waals surface area contributed by atoms with Crippen molar-refractivity contribution in [3.63, 3.8) is 0 Å². The third kappa shape index (κ3) is 1.72. The van der Waals surface area contributed by atoms with Gasteiger partial charge in [-0.05, 0) is 29.0 Å². The molecule has 0 saturated heterocycles. The lowest BCUT2D eigenvalue weighted by Gasteiger charge is -2.05. The molecule has 3 nitrogen and oxygen atoms in total. The van der Waals surface area contributed by atoms with Crippen LogP contribution in [0.25, 0.3) is 33.1 Å². The number of aromatic nitrogens is 3. The molecule has 0 unspecified atom stereocenters. The van der Waals surface area contributed by atoms with Crippen molar-refractivity contribution in [2.24, 2.45) is 0 Å². The lowest BCUT2D eigenvalue weighted by Crippen LogP contribution is -1.90. The Morgan fingerprint density at radius 3 is 2.60 bits per heavy atom. The first-order chi connectivity index (χ1) is 9.92. The van der Waals surface area contributed by atoms with Gasteiger partial charge in [-0.15, -0.1) is 0 Å². The minimum absolute atomic E-state index is 0.709. The van der Waals surface area contributed by atoms with Crippen LogP contribution in [0.15, 0.2) is 67.1 Å². The van der Waals surface area contributed by atoms with Crippen molar-refractivity contribution < 1.29 is 0 Å². The van der Waals surface area contributed by atoms with Crippen molar-refractivity contribution in [2.75, 3.05) is 0 Å². The molecule has 0 saturated carbocycles. The molecular formula is C17H11N3. The van der Waals surface area contributed by atoms with Crippen molar-refractivity contribution >= 4 is 21.7 Å². The molecule has 0 aliphatic carbocycles. The van der Waals surface area contributed by atoms with Gasteiger partial charge in [-0.3, -0.25) is 4.98 Å². The predicted octanol–water partition coefficient (Wildman–Crippen LogP) is 3.85. The van der Waals surface area contributed by atoms with Crippen LogP contribution in [0.1, 0.15) is 0 Å². The van der Waals surface area contributed by atoms with E-state index in [1.807, 2.05) is 36.5 Å². The van der Waals surface area contributed by atoms with Gasteiger partial charge in [0.05, 0.1) is 5.52 Å². The molecule has 0 spiro atoms. The highest BCUT2D eigenvalue weighted by Gasteiger charge is 2.05. The van der Waals surface area contributed by atoms with Gasteiger partial charge in [0.15, 0.2) is 5.82 Å². The Kier molecular flexibility index (Phi) is 2.42. The Labute approximate surface area is 116 Å². The van der Waals surface area contributed by atoms with E-state index >= 15 is 0 Å². The van der Waals surface area contributed by atoms with Crippen LogP contribution in [0.5, 0.6) is 0 Å². The maximum atomic E-state index is 4.64. The normalized spacial score (nSPS) is 11.0. The van der Waals surface area contributed by atoms with E-state index in [4.69, 9.17) is 0 Å². The Morgan fingerprint density at radius 1 is 0.750 bits per heavy atom. The summed E-state index contributed by atoms with van der Waals surface area (Å²) in [6.45, 7) is 0. The standard InChI is InChI=1S/C17H11N3/c1-2-6-14-12(4-1)7-8-16-15(14)11-19-17(20-16)13-5-3-9-18-10-13/h1-11H. The first-order valence-electron chi connectivity index (χ1n) is 6.47. The fourth-order valence-corrected chi connectivity index (χ4v) is 2.42. The summed E-state index contributed by atoms with van der Waals surface area (Å²) in [5, 5.41) is 3.47. The third-order valence-electron chi connectivity index (χ3n) is 3.41. The number of nitrogens with zero attached hydrogens (tertiary/aromatic N) is 3. The number of benzene rings is 2. The molecule has 2 heterocycles. The van der Waals surface area contributed by atoms with Crippen molar-refractivity contribution in [1.82, 2.24) is 15.0 Å². The summed E-state index contributed by atoms with van der Waals surface area (Å²) in [7, 11) is 0. The largest absolute Gasteiger partial charge is 0.264 e. The van der Waals surface area contributed by atoms with Crippen LogP contribution in [-0.2, 0) is 0 Å². The molecule has 0 bridgehead atoms. The molecule has 0 aliphatic rings. The van der Waals surface area contributed by atoms with Crippen LogP contribution in [0.4, 0.5) is 0 Å². The van der Waals surface area contributed by atoms with E-state index in [-0.39, 0.29) is 0 Å². The Balaban J connectivity index is 1.99. The fourth-order valence-electron chi connectivity index (χ4n) is 2.42. The Morgan fingerprint density at radius 2 is 1.70 bits per heavy atom. The summed E-state index contributed by atoms with van der Waals surface area (Å²) in [6.07, 6.45) is 5.42. The van der Waals surface area contributed by atoms with E-state index in [1.165, 1.54) is 10.8 Å². The minimum atomic E-state index is 0.709. The first kappa shape index (κ1) is 11.1. The molecule has 4 rings (SSSR count). The van der Waals surface area contributed by atoms with E-state index < -0.39 is 0 Å². The smallest absolute Gasteiger partial charge is 0.161 e. The molecule has 2 aromatic heterocycles. The van der Waals surface area contributed by atoms with E-state index in [2.05, 4.69) is 33.2 Å². The van der Waals surface area contributed by atoms with Crippen LogP contribution >= 0.6 is 0 Å². The molecule has 94 valence electrons. The molecule has 2 aromatic carbocycles. The van der Waals surface area contributed by atoms with E-state index in [9.17, 15) is 0 Å². The average molecular weight is 257 g/mol.